The third-order valence-corrected chi connectivity index (χ3v) is 3.56. The van der Waals surface area contributed by atoms with E-state index in [1.165, 1.54) is 16.5 Å². The van der Waals surface area contributed by atoms with Crippen LogP contribution in [0, 0.1) is 6.92 Å². The van der Waals surface area contributed by atoms with Crippen molar-refractivity contribution in [3.63, 3.8) is 0 Å². The van der Waals surface area contributed by atoms with Crippen molar-refractivity contribution in [2.75, 3.05) is 17.6 Å². The van der Waals surface area contributed by atoms with Crippen molar-refractivity contribution in [2.45, 2.75) is 13.3 Å². The number of anilines is 2. The van der Waals surface area contributed by atoms with Crippen LogP contribution in [0.25, 0.3) is 11.0 Å². The Labute approximate surface area is 118 Å². The van der Waals surface area contributed by atoms with Crippen LogP contribution < -0.4 is 11.1 Å². The van der Waals surface area contributed by atoms with E-state index >= 15 is 0 Å². The van der Waals surface area contributed by atoms with Crippen molar-refractivity contribution >= 4 is 22.3 Å². The highest BCUT2D eigenvalue weighted by molar-refractivity contribution is 5.81. The number of para-hydroxylation sites is 2. The number of nitrogen functional groups attached to an aromatic ring is 1. The molecule has 2 aromatic carbocycles. The molecule has 3 heteroatoms. The highest BCUT2D eigenvalue weighted by Gasteiger charge is 2.06. The molecule has 0 aliphatic rings. The summed E-state index contributed by atoms with van der Waals surface area (Å²) in [6, 6.07) is 14.1. The molecular weight excluding hydrogens is 248 g/mol. The van der Waals surface area contributed by atoms with Gasteiger partial charge in [0.15, 0.2) is 0 Å². The first-order chi connectivity index (χ1) is 9.75. The molecule has 3 aromatic rings. The van der Waals surface area contributed by atoms with Gasteiger partial charge in [-0.25, -0.2) is 0 Å². The lowest BCUT2D eigenvalue weighted by Crippen LogP contribution is -2.08. The fourth-order valence-electron chi connectivity index (χ4n) is 2.48. The van der Waals surface area contributed by atoms with E-state index in [0.29, 0.717) is 0 Å². The van der Waals surface area contributed by atoms with Crippen LogP contribution in [-0.2, 0) is 6.42 Å². The highest BCUT2D eigenvalue weighted by Crippen LogP contribution is 2.24. The first-order valence-corrected chi connectivity index (χ1v) is 6.80. The second-order valence-corrected chi connectivity index (χ2v) is 4.97. The fourth-order valence-corrected chi connectivity index (χ4v) is 2.48. The number of fused-ring (bicyclic) bond motifs is 1. The van der Waals surface area contributed by atoms with Gasteiger partial charge in [-0.05, 0) is 36.6 Å². The Balaban J connectivity index is 1.71. The molecule has 0 radical (unpaired) electrons. The van der Waals surface area contributed by atoms with Crippen LogP contribution in [0.2, 0.25) is 0 Å². The van der Waals surface area contributed by atoms with E-state index in [9.17, 15) is 0 Å². The van der Waals surface area contributed by atoms with Crippen LogP contribution >= 0.6 is 0 Å². The van der Waals surface area contributed by atoms with Crippen LogP contribution in [-0.4, -0.2) is 6.54 Å². The molecule has 0 spiro atoms. The van der Waals surface area contributed by atoms with E-state index in [2.05, 4.69) is 24.4 Å². The lowest BCUT2D eigenvalue weighted by molar-refractivity contribution is 0.610. The van der Waals surface area contributed by atoms with Gasteiger partial charge in [0.1, 0.15) is 5.58 Å². The molecule has 0 atom stereocenters. The minimum atomic E-state index is 0.794. The van der Waals surface area contributed by atoms with Crippen molar-refractivity contribution in [2.24, 2.45) is 0 Å². The zero-order valence-corrected chi connectivity index (χ0v) is 11.5. The van der Waals surface area contributed by atoms with E-state index in [1.54, 1.807) is 0 Å². The largest absolute Gasteiger partial charge is 0.464 e. The zero-order valence-electron chi connectivity index (χ0n) is 11.5. The maximum Gasteiger partial charge on any atom is 0.134 e. The van der Waals surface area contributed by atoms with Gasteiger partial charge in [-0.15, -0.1) is 0 Å². The molecule has 3 N–H and O–H groups in total. The normalized spacial score (nSPS) is 10.8. The quantitative estimate of drug-likeness (QED) is 0.702. The molecule has 0 aliphatic heterocycles. The van der Waals surface area contributed by atoms with Gasteiger partial charge in [0.2, 0.25) is 0 Å². The van der Waals surface area contributed by atoms with Gasteiger partial charge in [0.25, 0.3) is 0 Å². The summed E-state index contributed by atoms with van der Waals surface area (Å²) in [6.07, 6.45) is 2.75. The summed E-state index contributed by atoms with van der Waals surface area (Å²) in [5.74, 6) is 0. The maximum atomic E-state index is 5.99. The van der Waals surface area contributed by atoms with Crippen molar-refractivity contribution in [3.05, 3.63) is 59.9 Å². The highest BCUT2D eigenvalue weighted by atomic mass is 16.3. The lowest BCUT2D eigenvalue weighted by atomic mass is 10.1. The van der Waals surface area contributed by atoms with Crippen LogP contribution in [0.15, 0.2) is 53.1 Å². The molecule has 0 amide bonds. The molecule has 0 aliphatic carbocycles. The fraction of sp³-hybridized carbons (Fsp3) is 0.176. The van der Waals surface area contributed by atoms with Crippen LogP contribution in [0.3, 0.4) is 0 Å². The molecule has 0 fully saturated rings. The number of furan rings is 1. The Morgan fingerprint density at radius 2 is 1.95 bits per heavy atom. The molecule has 1 aromatic heterocycles. The van der Waals surface area contributed by atoms with E-state index in [4.69, 9.17) is 10.2 Å². The molecule has 0 saturated carbocycles. The van der Waals surface area contributed by atoms with Gasteiger partial charge >= 0.3 is 0 Å². The Kier molecular flexibility index (Phi) is 3.33. The molecule has 1 heterocycles. The minimum absolute atomic E-state index is 0.794. The van der Waals surface area contributed by atoms with Gasteiger partial charge in [0, 0.05) is 11.9 Å². The third-order valence-electron chi connectivity index (χ3n) is 3.56. The number of aryl methyl sites for hydroxylation is 1. The summed E-state index contributed by atoms with van der Waals surface area (Å²) in [5, 5.41) is 4.60. The van der Waals surface area contributed by atoms with Gasteiger partial charge in [-0.2, -0.15) is 0 Å². The molecule has 0 saturated heterocycles. The van der Waals surface area contributed by atoms with Crippen LogP contribution in [0.4, 0.5) is 11.4 Å². The van der Waals surface area contributed by atoms with E-state index in [1.807, 2.05) is 36.6 Å². The standard InChI is InChI=1S/C17H18N2O/c1-12-5-4-7-15(18)17(12)19-10-9-13-11-20-16-8-3-2-6-14(13)16/h2-8,11,19H,9-10,18H2,1H3. The van der Waals surface area contributed by atoms with Gasteiger partial charge < -0.3 is 15.5 Å². The second kappa shape index (κ2) is 5.29. The van der Waals surface area contributed by atoms with Crippen molar-refractivity contribution < 1.29 is 4.42 Å². The number of rotatable bonds is 4. The van der Waals surface area contributed by atoms with Gasteiger partial charge in [0.05, 0.1) is 17.6 Å². The van der Waals surface area contributed by atoms with Crippen molar-refractivity contribution in [1.29, 1.82) is 0 Å². The van der Waals surface area contributed by atoms with Crippen molar-refractivity contribution in [1.82, 2.24) is 0 Å². The number of nitrogens with two attached hydrogens (primary N) is 1. The first-order valence-electron chi connectivity index (χ1n) is 6.80. The summed E-state index contributed by atoms with van der Waals surface area (Å²) in [4.78, 5) is 0. The van der Waals surface area contributed by atoms with Gasteiger partial charge in [-0.1, -0.05) is 30.3 Å². The van der Waals surface area contributed by atoms with Crippen LogP contribution in [0.1, 0.15) is 11.1 Å². The molecular formula is C17H18N2O. The second-order valence-electron chi connectivity index (χ2n) is 4.97. The predicted molar refractivity (Wildman–Crippen MR) is 84.0 cm³/mol. The number of hydrogen-bond donors (Lipinski definition) is 2. The SMILES string of the molecule is Cc1cccc(N)c1NCCc1coc2ccccc12. The summed E-state index contributed by atoms with van der Waals surface area (Å²) in [7, 11) is 0. The average Bonchev–Trinajstić information content (AvgIpc) is 2.86. The summed E-state index contributed by atoms with van der Waals surface area (Å²) >= 11 is 0. The Morgan fingerprint density at radius 3 is 2.80 bits per heavy atom. The monoisotopic (exact) mass is 266 g/mol. The topological polar surface area (TPSA) is 51.2 Å². The summed E-state index contributed by atoms with van der Waals surface area (Å²) in [5.41, 5.74) is 11.1. The third kappa shape index (κ3) is 2.35. The number of benzene rings is 2. The summed E-state index contributed by atoms with van der Waals surface area (Å²) < 4.78 is 5.55. The van der Waals surface area contributed by atoms with Crippen LogP contribution in [0.5, 0.6) is 0 Å². The minimum Gasteiger partial charge on any atom is -0.464 e. The number of nitrogens with one attached hydrogen (secondary N) is 1. The van der Waals surface area contributed by atoms with E-state index in [-0.39, 0.29) is 0 Å². The molecule has 3 rings (SSSR count). The Bertz CT molecular complexity index is 710. The Hall–Kier alpha value is -2.42. The zero-order chi connectivity index (χ0) is 13.9. The molecule has 3 nitrogen and oxygen atoms in total. The lowest BCUT2D eigenvalue weighted by Gasteiger charge is -2.11. The number of hydrogen-bond acceptors (Lipinski definition) is 3. The average molecular weight is 266 g/mol. The Morgan fingerprint density at radius 1 is 1.10 bits per heavy atom. The molecule has 0 bridgehead atoms. The maximum absolute atomic E-state index is 5.99. The van der Waals surface area contributed by atoms with Crippen molar-refractivity contribution in [3.8, 4) is 0 Å². The smallest absolute Gasteiger partial charge is 0.134 e. The van der Waals surface area contributed by atoms with E-state index in [0.717, 1.165) is 29.9 Å². The molecule has 102 valence electrons. The van der Waals surface area contributed by atoms with Gasteiger partial charge in [-0.3, -0.25) is 0 Å². The summed E-state index contributed by atoms with van der Waals surface area (Å²) in [6.45, 7) is 2.89. The predicted octanol–water partition coefficient (Wildman–Crippen LogP) is 3.98. The molecule has 20 heavy (non-hydrogen) atoms. The first kappa shape index (κ1) is 12.6. The van der Waals surface area contributed by atoms with E-state index < -0.39 is 0 Å². The molecule has 0 unspecified atom stereocenters.